The van der Waals surface area contributed by atoms with Gasteiger partial charge in [0.2, 0.25) is 0 Å². The first-order chi connectivity index (χ1) is 7.36. The molecule has 2 atom stereocenters. The lowest BCUT2D eigenvalue weighted by Gasteiger charge is -2.38. The van der Waals surface area contributed by atoms with Gasteiger partial charge in [-0.1, -0.05) is 5.92 Å². The van der Waals surface area contributed by atoms with Crippen LogP contribution in [0.25, 0.3) is 0 Å². The fourth-order valence-corrected chi connectivity index (χ4v) is 2.54. The zero-order chi connectivity index (χ0) is 12.0. The van der Waals surface area contributed by atoms with Crippen LogP contribution in [0.15, 0.2) is 0 Å². The molecule has 3 nitrogen and oxygen atoms in total. The van der Waals surface area contributed by atoms with Crippen LogP contribution in [-0.4, -0.2) is 29.7 Å². The molecule has 0 unspecified atom stereocenters. The first-order valence-electron chi connectivity index (χ1n) is 5.82. The van der Waals surface area contributed by atoms with Crippen LogP contribution >= 0.6 is 0 Å². The highest BCUT2D eigenvalue weighted by Crippen LogP contribution is 2.51. The Bertz CT molecular complexity index is 350. The van der Waals surface area contributed by atoms with Gasteiger partial charge in [-0.15, -0.1) is 6.42 Å². The minimum absolute atomic E-state index is 0.0447. The molecule has 88 valence electrons. The van der Waals surface area contributed by atoms with Crippen molar-refractivity contribution in [2.24, 2.45) is 11.3 Å². The smallest absolute Gasteiger partial charge is 0.410 e. The van der Waals surface area contributed by atoms with Crippen LogP contribution in [0, 0.1) is 23.7 Å². The van der Waals surface area contributed by atoms with Crippen LogP contribution in [0.1, 0.15) is 33.6 Å². The van der Waals surface area contributed by atoms with Gasteiger partial charge in [0.1, 0.15) is 5.60 Å². The van der Waals surface area contributed by atoms with Crippen LogP contribution in [0.5, 0.6) is 0 Å². The normalized spacial score (nSPS) is 32.6. The van der Waals surface area contributed by atoms with E-state index >= 15 is 0 Å². The van der Waals surface area contributed by atoms with Crippen LogP contribution < -0.4 is 0 Å². The molecule has 0 aromatic rings. The number of nitrogens with zero attached hydrogens (tertiary/aromatic N) is 1. The first kappa shape index (κ1) is 11.3. The molecule has 0 radical (unpaired) electrons. The number of carbonyl (C=O) groups is 1. The SMILES string of the molecule is C#C[C@@]12CC[C@H]1CN(C(=O)OC(C)(C)C)C2. The molecule has 16 heavy (non-hydrogen) atoms. The minimum atomic E-state index is -0.429. The lowest BCUT2D eigenvalue weighted by atomic mass is 9.63. The lowest BCUT2D eigenvalue weighted by molar-refractivity contribution is 0.0283. The van der Waals surface area contributed by atoms with Gasteiger partial charge in [-0.3, -0.25) is 0 Å². The van der Waals surface area contributed by atoms with Crippen molar-refractivity contribution in [3.05, 3.63) is 0 Å². The Labute approximate surface area is 97.1 Å². The standard InChI is InChI=1S/C13H19NO2/c1-5-13-7-6-10(13)8-14(9-13)11(15)16-12(2,3)4/h1,10H,6-9H2,2-4H3/t10-,13-/m0/s1. The summed E-state index contributed by atoms with van der Waals surface area (Å²) < 4.78 is 5.35. The van der Waals surface area contributed by atoms with Crippen LogP contribution in [0.4, 0.5) is 4.79 Å². The predicted molar refractivity (Wildman–Crippen MR) is 61.8 cm³/mol. The first-order valence-corrected chi connectivity index (χ1v) is 5.82. The fraction of sp³-hybridized carbons (Fsp3) is 0.769. The monoisotopic (exact) mass is 221 g/mol. The highest BCUT2D eigenvalue weighted by Gasteiger charge is 2.53. The number of terminal acetylenes is 1. The van der Waals surface area contributed by atoms with E-state index in [9.17, 15) is 4.79 Å². The quantitative estimate of drug-likeness (QED) is 0.587. The van der Waals surface area contributed by atoms with Crippen molar-refractivity contribution in [1.29, 1.82) is 0 Å². The maximum absolute atomic E-state index is 11.9. The molecule has 1 saturated carbocycles. The van der Waals surface area contributed by atoms with Crippen LogP contribution in [0.2, 0.25) is 0 Å². The minimum Gasteiger partial charge on any atom is -0.444 e. The Hall–Kier alpha value is -1.17. The average Bonchev–Trinajstić information content (AvgIpc) is 2.37. The largest absolute Gasteiger partial charge is 0.444 e. The van der Waals surface area contributed by atoms with Crippen molar-refractivity contribution >= 4 is 6.09 Å². The van der Waals surface area contributed by atoms with Gasteiger partial charge in [0.05, 0.1) is 5.41 Å². The highest BCUT2D eigenvalue weighted by molar-refractivity contribution is 5.69. The summed E-state index contributed by atoms with van der Waals surface area (Å²) in [5.41, 5.74) is -0.473. The van der Waals surface area contributed by atoms with Gasteiger partial charge in [-0.2, -0.15) is 0 Å². The van der Waals surface area contributed by atoms with E-state index in [-0.39, 0.29) is 11.5 Å². The molecular weight excluding hydrogens is 202 g/mol. The molecule has 3 heteroatoms. The van der Waals surface area contributed by atoms with Crippen LogP contribution in [0.3, 0.4) is 0 Å². The van der Waals surface area contributed by atoms with Crippen molar-refractivity contribution in [3.8, 4) is 12.3 Å². The molecule has 0 bridgehead atoms. The topological polar surface area (TPSA) is 29.5 Å². The maximum Gasteiger partial charge on any atom is 0.410 e. The van der Waals surface area contributed by atoms with Gasteiger partial charge < -0.3 is 9.64 Å². The van der Waals surface area contributed by atoms with Gasteiger partial charge in [0, 0.05) is 13.1 Å². The van der Waals surface area contributed by atoms with Gasteiger partial charge in [-0.25, -0.2) is 4.79 Å². The summed E-state index contributed by atoms with van der Waals surface area (Å²) in [5.74, 6) is 3.37. The number of amides is 1. The molecule has 2 fully saturated rings. The Morgan fingerprint density at radius 1 is 1.56 bits per heavy atom. The average molecular weight is 221 g/mol. The molecule has 0 spiro atoms. The second kappa shape index (κ2) is 3.41. The number of fused-ring (bicyclic) bond motifs is 1. The van der Waals surface area contributed by atoms with Crippen molar-refractivity contribution < 1.29 is 9.53 Å². The molecule has 1 aliphatic heterocycles. The van der Waals surface area contributed by atoms with E-state index in [1.807, 2.05) is 20.8 Å². The Morgan fingerprint density at radius 2 is 2.25 bits per heavy atom. The predicted octanol–water partition coefficient (Wildman–Crippen LogP) is 2.27. The number of hydrogen-bond acceptors (Lipinski definition) is 2. The second-order valence-electron chi connectivity index (χ2n) is 5.90. The Kier molecular flexibility index (Phi) is 2.41. The summed E-state index contributed by atoms with van der Waals surface area (Å²) in [7, 11) is 0. The molecule has 0 aromatic heterocycles. The molecule has 0 N–H and O–H groups in total. The summed E-state index contributed by atoms with van der Waals surface area (Å²) in [6, 6.07) is 0. The fourth-order valence-electron chi connectivity index (χ4n) is 2.54. The molecular formula is C13H19NO2. The summed E-state index contributed by atoms with van der Waals surface area (Å²) >= 11 is 0. The second-order valence-corrected chi connectivity index (χ2v) is 5.90. The summed E-state index contributed by atoms with van der Waals surface area (Å²) in [5, 5.41) is 0. The Balaban J connectivity index is 1.99. The lowest BCUT2D eigenvalue weighted by Crippen LogP contribution is -2.38. The summed E-state index contributed by atoms with van der Waals surface area (Å²) in [6.45, 7) is 7.08. The molecule has 0 aromatic carbocycles. The van der Waals surface area contributed by atoms with Crippen molar-refractivity contribution in [2.45, 2.75) is 39.2 Å². The van der Waals surface area contributed by atoms with E-state index in [1.54, 1.807) is 4.90 Å². The number of rotatable bonds is 0. The van der Waals surface area contributed by atoms with Gasteiger partial charge in [0.25, 0.3) is 0 Å². The highest BCUT2D eigenvalue weighted by atomic mass is 16.6. The van der Waals surface area contributed by atoms with E-state index in [1.165, 1.54) is 0 Å². The maximum atomic E-state index is 11.9. The third-order valence-electron chi connectivity index (χ3n) is 3.57. The van der Waals surface area contributed by atoms with Gasteiger partial charge >= 0.3 is 6.09 Å². The molecule has 2 rings (SSSR count). The van der Waals surface area contributed by atoms with Crippen molar-refractivity contribution in [3.63, 3.8) is 0 Å². The zero-order valence-electron chi connectivity index (χ0n) is 10.2. The van der Waals surface area contributed by atoms with Gasteiger partial charge in [-0.05, 0) is 39.5 Å². The third kappa shape index (κ3) is 1.77. The molecule has 2 aliphatic rings. The number of ether oxygens (including phenoxy) is 1. The number of carbonyl (C=O) groups excluding carboxylic acids is 1. The number of hydrogen-bond donors (Lipinski definition) is 0. The molecule has 1 heterocycles. The van der Waals surface area contributed by atoms with Crippen molar-refractivity contribution in [2.75, 3.05) is 13.1 Å². The number of likely N-dealkylation sites (tertiary alicyclic amines) is 1. The summed E-state index contributed by atoms with van der Waals surface area (Å²) in [6.07, 6.45) is 7.54. The van der Waals surface area contributed by atoms with E-state index in [4.69, 9.17) is 11.2 Å². The summed E-state index contributed by atoms with van der Waals surface area (Å²) in [4.78, 5) is 13.6. The molecule has 1 saturated heterocycles. The van der Waals surface area contributed by atoms with Crippen molar-refractivity contribution in [1.82, 2.24) is 4.90 Å². The molecule has 1 aliphatic carbocycles. The zero-order valence-corrected chi connectivity index (χ0v) is 10.2. The van der Waals surface area contributed by atoms with Gasteiger partial charge in [0.15, 0.2) is 0 Å². The van der Waals surface area contributed by atoms with E-state index in [2.05, 4.69) is 5.92 Å². The van der Waals surface area contributed by atoms with E-state index in [0.717, 1.165) is 19.4 Å². The molecule has 1 amide bonds. The van der Waals surface area contributed by atoms with E-state index < -0.39 is 5.60 Å². The third-order valence-corrected chi connectivity index (χ3v) is 3.57. The Morgan fingerprint density at radius 3 is 2.62 bits per heavy atom. The van der Waals surface area contributed by atoms with Crippen LogP contribution in [-0.2, 0) is 4.74 Å². The van der Waals surface area contributed by atoms with E-state index in [0.29, 0.717) is 12.5 Å².